The predicted molar refractivity (Wildman–Crippen MR) is 117 cm³/mol. The van der Waals surface area contributed by atoms with Crippen molar-refractivity contribution in [1.82, 2.24) is 5.32 Å². The Kier molecular flexibility index (Phi) is 7.30. The van der Waals surface area contributed by atoms with Crippen LogP contribution in [0.1, 0.15) is 43.0 Å². The second-order valence-electron chi connectivity index (χ2n) is 7.27. The van der Waals surface area contributed by atoms with Gasteiger partial charge in [0.2, 0.25) is 15.9 Å². The first-order valence-electron chi connectivity index (χ1n) is 9.59. The van der Waals surface area contributed by atoms with E-state index in [1.807, 2.05) is 39.0 Å². The number of carbonyl (C=O) groups excluding carboxylic acids is 1. The highest BCUT2D eigenvalue weighted by Gasteiger charge is 2.32. The van der Waals surface area contributed by atoms with Crippen molar-refractivity contribution < 1.29 is 17.9 Å². The van der Waals surface area contributed by atoms with Crippen LogP contribution in [0.4, 0.5) is 5.69 Å². The maximum Gasteiger partial charge on any atom is 0.244 e. The molecule has 6 nitrogen and oxygen atoms in total. The summed E-state index contributed by atoms with van der Waals surface area (Å²) in [6.45, 7) is 7.70. The summed E-state index contributed by atoms with van der Waals surface area (Å²) in [5.41, 5.74) is 3.62. The van der Waals surface area contributed by atoms with E-state index in [1.54, 1.807) is 38.3 Å². The number of sulfonamides is 1. The molecule has 2 atom stereocenters. The van der Waals surface area contributed by atoms with E-state index in [-0.39, 0.29) is 11.9 Å². The lowest BCUT2D eigenvalue weighted by Crippen LogP contribution is -2.49. The van der Waals surface area contributed by atoms with Gasteiger partial charge in [-0.15, -0.1) is 0 Å². The molecule has 0 saturated heterocycles. The van der Waals surface area contributed by atoms with Gasteiger partial charge in [-0.2, -0.15) is 0 Å². The van der Waals surface area contributed by atoms with E-state index in [4.69, 9.17) is 4.74 Å². The van der Waals surface area contributed by atoms with Gasteiger partial charge in [-0.25, -0.2) is 8.42 Å². The quantitative estimate of drug-likeness (QED) is 0.709. The molecule has 0 aliphatic carbocycles. The maximum absolute atomic E-state index is 13.1. The highest BCUT2D eigenvalue weighted by Crippen LogP contribution is 2.26. The Bertz CT molecular complexity index is 955. The lowest BCUT2D eigenvalue weighted by atomic mass is 9.99. The van der Waals surface area contributed by atoms with Crippen LogP contribution in [0.2, 0.25) is 0 Å². The Labute approximate surface area is 173 Å². The highest BCUT2D eigenvalue weighted by atomic mass is 32.2. The fourth-order valence-electron chi connectivity index (χ4n) is 3.40. The van der Waals surface area contributed by atoms with E-state index in [2.05, 4.69) is 5.32 Å². The van der Waals surface area contributed by atoms with Gasteiger partial charge in [0, 0.05) is 0 Å². The number of benzene rings is 2. The third-order valence-electron chi connectivity index (χ3n) is 4.92. The Morgan fingerprint density at radius 1 is 1.14 bits per heavy atom. The van der Waals surface area contributed by atoms with Gasteiger partial charge in [-0.05, 0) is 62.6 Å². The van der Waals surface area contributed by atoms with Crippen molar-refractivity contribution in [1.29, 1.82) is 0 Å². The predicted octanol–water partition coefficient (Wildman–Crippen LogP) is 3.73. The van der Waals surface area contributed by atoms with Crippen LogP contribution in [-0.2, 0) is 14.8 Å². The zero-order chi connectivity index (χ0) is 21.8. The van der Waals surface area contributed by atoms with Gasteiger partial charge in [-0.3, -0.25) is 9.10 Å². The van der Waals surface area contributed by atoms with Gasteiger partial charge in [0.25, 0.3) is 0 Å². The molecular weight excluding hydrogens is 388 g/mol. The second-order valence-corrected chi connectivity index (χ2v) is 9.13. The molecule has 0 bridgehead atoms. The van der Waals surface area contributed by atoms with Crippen LogP contribution in [0.5, 0.6) is 5.75 Å². The zero-order valence-electron chi connectivity index (χ0n) is 17.9. The number of hydrogen-bond donors (Lipinski definition) is 1. The van der Waals surface area contributed by atoms with Gasteiger partial charge >= 0.3 is 0 Å². The Hall–Kier alpha value is -2.54. The van der Waals surface area contributed by atoms with Crippen molar-refractivity contribution >= 4 is 21.6 Å². The molecule has 7 heteroatoms. The number of ether oxygens (including phenoxy) is 1. The zero-order valence-corrected chi connectivity index (χ0v) is 18.7. The number of nitrogens with one attached hydrogen (secondary N) is 1. The van der Waals surface area contributed by atoms with Crippen molar-refractivity contribution in [2.75, 3.05) is 17.7 Å². The standard InChI is InChI=1S/C22H30N2O4S/c1-7-21(22(25)23-17(4)20-14-15(2)8-9-16(20)3)24(29(6,26)27)18-10-12-19(28-5)13-11-18/h8-14,17,21H,7H2,1-6H3,(H,23,25)/t17-,21-/m0/s1. The van der Waals surface area contributed by atoms with Crippen LogP contribution in [0.25, 0.3) is 0 Å². The van der Waals surface area contributed by atoms with Crippen LogP contribution in [-0.4, -0.2) is 33.7 Å². The van der Waals surface area contributed by atoms with Crippen molar-refractivity contribution in [2.24, 2.45) is 0 Å². The first kappa shape index (κ1) is 22.7. The molecule has 0 spiro atoms. The molecule has 2 rings (SSSR count). The van der Waals surface area contributed by atoms with E-state index in [0.717, 1.165) is 22.9 Å². The average Bonchev–Trinajstić information content (AvgIpc) is 2.66. The molecule has 0 fully saturated rings. The normalized spacial score (nSPS) is 13.4. The molecule has 0 heterocycles. The van der Waals surface area contributed by atoms with Gasteiger partial charge < -0.3 is 10.1 Å². The minimum absolute atomic E-state index is 0.242. The molecule has 0 aliphatic heterocycles. The number of amides is 1. The largest absolute Gasteiger partial charge is 0.497 e. The van der Waals surface area contributed by atoms with Crippen LogP contribution in [0.15, 0.2) is 42.5 Å². The number of rotatable bonds is 8. The second kappa shape index (κ2) is 9.31. The third-order valence-corrected chi connectivity index (χ3v) is 6.10. The van der Waals surface area contributed by atoms with Gasteiger partial charge in [0.15, 0.2) is 0 Å². The lowest BCUT2D eigenvalue weighted by molar-refractivity contribution is -0.122. The molecule has 0 unspecified atom stereocenters. The van der Waals surface area contributed by atoms with E-state index < -0.39 is 16.1 Å². The Morgan fingerprint density at radius 3 is 2.28 bits per heavy atom. The van der Waals surface area contributed by atoms with E-state index in [1.165, 1.54) is 4.31 Å². The minimum Gasteiger partial charge on any atom is -0.497 e. The molecular formula is C22H30N2O4S. The van der Waals surface area contributed by atoms with Gasteiger partial charge in [-0.1, -0.05) is 30.7 Å². The number of aryl methyl sites for hydroxylation is 2. The summed E-state index contributed by atoms with van der Waals surface area (Å²) < 4.78 is 31.4. The highest BCUT2D eigenvalue weighted by molar-refractivity contribution is 7.92. The van der Waals surface area contributed by atoms with Crippen molar-refractivity contribution in [3.8, 4) is 5.75 Å². The monoisotopic (exact) mass is 418 g/mol. The number of anilines is 1. The molecule has 0 radical (unpaired) electrons. The first-order chi connectivity index (χ1) is 13.6. The molecule has 2 aromatic carbocycles. The maximum atomic E-state index is 13.1. The van der Waals surface area contributed by atoms with Crippen molar-refractivity contribution in [2.45, 2.75) is 46.2 Å². The molecule has 1 amide bonds. The molecule has 1 N–H and O–H groups in total. The summed E-state index contributed by atoms with van der Waals surface area (Å²) in [6.07, 6.45) is 1.45. The van der Waals surface area contributed by atoms with E-state index in [0.29, 0.717) is 17.9 Å². The SMILES string of the molecule is CC[C@@H](C(=O)N[C@@H](C)c1cc(C)ccc1C)N(c1ccc(OC)cc1)S(C)(=O)=O. The van der Waals surface area contributed by atoms with Crippen LogP contribution in [0, 0.1) is 13.8 Å². The summed E-state index contributed by atoms with van der Waals surface area (Å²) >= 11 is 0. The van der Waals surface area contributed by atoms with Crippen LogP contribution < -0.4 is 14.4 Å². The fraction of sp³-hybridized carbons (Fsp3) is 0.409. The summed E-state index contributed by atoms with van der Waals surface area (Å²) in [5.74, 6) is 0.283. The number of carbonyl (C=O) groups is 1. The van der Waals surface area contributed by atoms with Crippen LogP contribution in [0.3, 0.4) is 0 Å². The summed E-state index contributed by atoms with van der Waals surface area (Å²) in [4.78, 5) is 13.1. The van der Waals surface area contributed by atoms with Gasteiger partial charge in [0.1, 0.15) is 11.8 Å². The number of hydrogen-bond acceptors (Lipinski definition) is 4. The van der Waals surface area contributed by atoms with E-state index >= 15 is 0 Å². The lowest BCUT2D eigenvalue weighted by Gasteiger charge is -2.31. The summed E-state index contributed by atoms with van der Waals surface area (Å²) in [7, 11) is -2.14. The molecule has 158 valence electrons. The molecule has 29 heavy (non-hydrogen) atoms. The number of methoxy groups -OCH3 is 1. The van der Waals surface area contributed by atoms with E-state index in [9.17, 15) is 13.2 Å². The smallest absolute Gasteiger partial charge is 0.244 e. The summed E-state index contributed by atoms with van der Waals surface area (Å²) in [6, 6.07) is 11.6. The molecule has 0 saturated carbocycles. The number of nitrogens with zero attached hydrogens (tertiary/aromatic N) is 1. The van der Waals surface area contributed by atoms with Crippen molar-refractivity contribution in [3.63, 3.8) is 0 Å². The molecule has 2 aromatic rings. The Balaban J connectivity index is 2.33. The molecule has 0 aromatic heterocycles. The van der Waals surface area contributed by atoms with Crippen molar-refractivity contribution in [3.05, 3.63) is 59.2 Å². The average molecular weight is 419 g/mol. The summed E-state index contributed by atoms with van der Waals surface area (Å²) in [5, 5.41) is 2.99. The van der Waals surface area contributed by atoms with Crippen LogP contribution >= 0.6 is 0 Å². The fourth-order valence-corrected chi connectivity index (χ4v) is 4.61. The van der Waals surface area contributed by atoms with Gasteiger partial charge in [0.05, 0.1) is 25.1 Å². The topological polar surface area (TPSA) is 75.7 Å². The minimum atomic E-state index is -3.68. The third kappa shape index (κ3) is 5.50. The Morgan fingerprint density at radius 2 is 1.76 bits per heavy atom. The molecule has 0 aliphatic rings. The first-order valence-corrected chi connectivity index (χ1v) is 11.4.